The first-order valence-electron chi connectivity index (χ1n) is 6.74. The van der Waals surface area contributed by atoms with Gasteiger partial charge in [-0.3, -0.25) is 5.21 Å². The lowest BCUT2D eigenvalue weighted by Gasteiger charge is -2.32. The Balaban J connectivity index is 2.05. The van der Waals surface area contributed by atoms with Crippen LogP contribution in [0.5, 0.6) is 0 Å². The lowest BCUT2D eigenvalue weighted by Crippen LogP contribution is -2.43. The van der Waals surface area contributed by atoms with Crippen molar-refractivity contribution in [3.05, 3.63) is 76.0 Å². The monoisotopic (exact) mass is 341 g/mol. The molecule has 3 nitrogen and oxygen atoms in total. The predicted molar refractivity (Wildman–Crippen MR) is 79.1 cm³/mol. The van der Waals surface area contributed by atoms with Crippen molar-refractivity contribution in [3.63, 3.8) is 0 Å². The summed E-state index contributed by atoms with van der Waals surface area (Å²) in [7, 11) is 0. The fourth-order valence-corrected chi connectivity index (χ4v) is 2.68. The minimum Gasteiger partial charge on any atom is -0.381 e. The smallest absolute Gasteiger partial charge is 0.381 e. The number of rotatable bonds is 2. The number of alkyl halides is 3. The fourth-order valence-electron chi connectivity index (χ4n) is 2.56. The van der Waals surface area contributed by atoms with E-state index in [1.54, 1.807) is 6.07 Å². The lowest BCUT2D eigenvalue weighted by atomic mass is 9.86. The van der Waals surface area contributed by atoms with Gasteiger partial charge in [0.05, 0.1) is 6.42 Å². The Labute approximate surface area is 135 Å². The van der Waals surface area contributed by atoms with Crippen LogP contribution < -0.4 is 0 Å². The van der Waals surface area contributed by atoms with E-state index in [1.165, 1.54) is 48.5 Å². The van der Waals surface area contributed by atoms with Gasteiger partial charge in [-0.05, 0) is 29.8 Å². The van der Waals surface area contributed by atoms with E-state index in [2.05, 4.69) is 0 Å². The molecule has 23 heavy (non-hydrogen) atoms. The molecule has 1 aliphatic heterocycles. The standard InChI is InChI=1S/C16H11ClF3NO2/c17-13-8-6-11(7-9-13)14-10-15(16(18,19)20,23-21(14)22)12-4-2-1-3-5-12/h1-9H,10H2. The summed E-state index contributed by atoms with van der Waals surface area (Å²) >= 11 is 5.77. The maximum atomic E-state index is 13.7. The van der Waals surface area contributed by atoms with Gasteiger partial charge in [0.2, 0.25) is 5.60 Å². The molecular formula is C16H11ClF3NO2. The zero-order valence-electron chi connectivity index (χ0n) is 11.7. The van der Waals surface area contributed by atoms with Crippen LogP contribution in [-0.2, 0) is 10.4 Å². The first kappa shape index (κ1) is 15.7. The van der Waals surface area contributed by atoms with E-state index >= 15 is 0 Å². The van der Waals surface area contributed by atoms with Crippen LogP contribution in [0, 0.1) is 5.21 Å². The van der Waals surface area contributed by atoms with Crippen molar-refractivity contribution in [2.24, 2.45) is 0 Å². The van der Waals surface area contributed by atoms with Crippen molar-refractivity contribution >= 4 is 17.3 Å². The highest BCUT2D eigenvalue weighted by Gasteiger charge is 2.62. The molecule has 2 aromatic carbocycles. The van der Waals surface area contributed by atoms with Crippen molar-refractivity contribution in [1.82, 2.24) is 0 Å². The lowest BCUT2D eigenvalue weighted by molar-refractivity contribution is -0.764. The van der Waals surface area contributed by atoms with E-state index in [0.717, 1.165) is 0 Å². The van der Waals surface area contributed by atoms with Gasteiger partial charge in [-0.2, -0.15) is 13.2 Å². The first-order chi connectivity index (χ1) is 10.8. The van der Waals surface area contributed by atoms with Gasteiger partial charge in [-0.25, -0.2) is 0 Å². The molecule has 120 valence electrons. The molecule has 1 unspecified atom stereocenters. The minimum atomic E-state index is -4.74. The van der Waals surface area contributed by atoms with E-state index in [9.17, 15) is 18.4 Å². The Morgan fingerprint density at radius 1 is 1.04 bits per heavy atom. The maximum absolute atomic E-state index is 13.7. The van der Waals surface area contributed by atoms with Crippen molar-refractivity contribution in [1.29, 1.82) is 0 Å². The summed E-state index contributed by atoms with van der Waals surface area (Å²) in [6.07, 6.45) is -5.35. The van der Waals surface area contributed by atoms with E-state index in [4.69, 9.17) is 16.4 Å². The van der Waals surface area contributed by atoms with Gasteiger partial charge >= 0.3 is 6.18 Å². The highest BCUT2D eigenvalue weighted by atomic mass is 35.5. The normalized spacial score (nSPS) is 21.4. The van der Waals surface area contributed by atoms with E-state index < -0.39 is 18.2 Å². The van der Waals surface area contributed by atoms with Crippen LogP contribution in [0.2, 0.25) is 5.02 Å². The van der Waals surface area contributed by atoms with Crippen LogP contribution in [0.1, 0.15) is 17.5 Å². The fraction of sp³-hybridized carbons (Fsp3) is 0.188. The maximum Gasteiger partial charge on any atom is 0.413 e. The Hall–Kier alpha value is -2.21. The van der Waals surface area contributed by atoms with Gasteiger partial charge in [0.25, 0.3) is 5.71 Å². The third-order valence-electron chi connectivity index (χ3n) is 3.75. The molecule has 0 amide bonds. The molecule has 2 aromatic rings. The summed E-state index contributed by atoms with van der Waals surface area (Å²) in [5.41, 5.74) is -2.56. The molecule has 0 saturated carbocycles. The van der Waals surface area contributed by atoms with Gasteiger partial charge in [0.15, 0.2) is 0 Å². The summed E-state index contributed by atoms with van der Waals surface area (Å²) in [4.78, 5) is 4.73. The molecule has 0 saturated heterocycles. The third-order valence-corrected chi connectivity index (χ3v) is 4.00. The second-order valence-electron chi connectivity index (χ2n) is 5.17. The number of hydrogen-bond donors (Lipinski definition) is 0. The molecule has 0 aliphatic carbocycles. The Morgan fingerprint density at radius 3 is 2.22 bits per heavy atom. The zero-order valence-corrected chi connectivity index (χ0v) is 12.4. The quantitative estimate of drug-likeness (QED) is 0.757. The van der Waals surface area contributed by atoms with Crippen LogP contribution in [-0.4, -0.2) is 16.8 Å². The van der Waals surface area contributed by atoms with E-state index in [-0.39, 0.29) is 16.2 Å². The molecule has 0 aromatic heterocycles. The molecule has 1 aliphatic rings. The molecule has 3 rings (SSSR count). The molecule has 1 atom stereocenters. The molecule has 0 bridgehead atoms. The van der Waals surface area contributed by atoms with Gasteiger partial charge in [-0.15, -0.1) is 0 Å². The van der Waals surface area contributed by atoms with E-state index in [1.807, 2.05) is 0 Å². The van der Waals surface area contributed by atoms with Crippen LogP contribution in [0.4, 0.5) is 13.2 Å². The molecule has 7 heteroatoms. The molecule has 1 heterocycles. The Bertz CT molecular complexity index is 744. The average Bonchev–Trinajstić information content (AvgIpc) is 2.88. The van der Waals surface area contributed by atoms with Crippen molar-refractivity contribution in [2.45, 2.75) is 18.2 Å². The summed E-state index contributed by atoms with van der Waals surface area (Å²) in [6, 6.07) is 13.1. The van der Waals surface area contributed by atoms with E-state index in [0.29, 0.717) is 10.6 Å². The molecule has 0 spiro atoms. The van der Waals surface area contributed by atoms with Crippen LogP contribution >= 0.6 is 11.6 Å². The van der Waals surface area contributed by atoms with Gasteiger partial charge in [0, 0.05) is 15.5 Å². The van der Waals surface area contributed by atoms with Gasteiger partial charge in [-0.1, -0.05) is 41.9 Å². The summed E-state index contributed by atoms with van der Waals surface area (Å²) in [5, 5.41) is 12.4. The first-order valence-corrected chi connectivity index (χ1v) is 7.12. The summed E-state index contributed by atoms with van der Waals surface area (Å²) in [6.45, 7) is 0. The molecule has 0 N–H and O–H groups in total. The number of hydrogen-bond acceptors (Lipinski definition) is 2. The number of halogens is 4. The van der Waals surface area contributed by atoms with Crippen LogP contribution in [0.25, 0.3) is 0 Å². The highest BCUT2D eigenvalue weighted by molar-refractivity contribution is 6.30. The predicted octanol–water partition coefficient (Wildman–Crippen LogP) is 4.43. The summed E-state index contributed by atoms with van der Waals surface area (Å²) in [5.74, 6) is 0. The largest absolute Gasteiger partial charge is 0.413 e. The Morgan fingerprint density at radius 2 is 1.65 bits per heavy atom. The number of nitrogens with zero attached hydrogens (tertiary/aromatic N) is 1. The minimum absolute atomic E-state index is 0.0519. The Kier molecular flexibility index (Phi) is 3.72. The number of benzene rings is 2. The van der Waals surface area contributed by atoms with Crippen molar-refractivity contribution < 1.29 is 22.9 Å². The zero-order chi connectivity index (χ0) is 16.7. The second kappa shape index (κ2) is 5.45. The van der Waals surface area contributed by atoms with Crippen LogP contribution in [0.15, 0.2) is 54.6 Å². The third kappa shape index (κ3) is 2.63. The molecule has 0 fully saturated rings. The van der Waals surface area contributed by atoms with Crippen molar-refractivity contribution in [3.8, 4) is 0 Å². The second-order valence-corrected chi connectivity index (χ2v) is 5.61. The molecule has 0 radical (unpaired) electrons. The molecular weight excluding hydrogens is 331 g/mol. The van der Waals surface area contributed by atoms with Crippen molar-refractivity contribution in [2.75, 3.05) is 0 Å². The van der Waals surface area contributed by atoms with Gasteiger partial charge < -0.3 is 4.84 Å². The van der Waals surface area contributed by atoms with Gasteiger partial charge in [0.1, 0.15) is 0 Å². The summed E-state index contributed by atoms with van der Waals surface area (Å²) < 4.78 is 41.1. The van der Waals surface area contributed by atoms with Crippen LogP contribution in [0.3, 0.4) is 0 Å². The topological polar surface area (TPSA) is 35.3 Å². The highest BCUT2D eigenvalue weighted by Crippen LogP contribution is 2.48. The SMILES string of the molecule is [O-][N+]1=C(c2ccc(Cl)cc2)CC(c2ccccc2)(C(F)(F)F)O1. The average molecular weight is 342 g/mol.